The van der Waals surface area contributed by atoms with Crippen LogP contribution in [0, 0.1) is 5.82 Å². The van der Waals surface area contributed by atoms with Gasteiger partial charge in [-0.05, 0) is 35.4 Å². The quantitative estimate of drug-likeness (QED) is 0.744. The summed E-state index contributed by atoms with van der Waals surface area (Å²) in [5.74, 6) is -0.417. The Balaban J connectivity index is 2.03. The lowest BCUT2D eigenvalue weighted by molar-refractivity contribution is -0.0947. The molecule has 24 heavy (non-hydrogen) atoms. The minimum atomic E-state index is -1.68. The molecule has 0 fully saturated rings. The predicted molar refractivity (Wildman–Crippen MR) is 86.7 cm³/mol. The first-order valence-electron chi connectivity index (χ1n) is 7.23. The molecular formula is C17H15ClFN3O2. The molecule has 2 N–H and O–H groups in total. The molecule has 1 aromatic heterocycles. The van der Waals surface area contributed by atoms with Crippen LogP contribution in [-0.2, 0) is 12.1 Å². The van der Waals surface area contributed by atoms with Gasteiger partial charge in [0.2, 0.25) is 0 Å². The minimum absolute atomic E-state index is 0.0141. The Morgan fingerprint density at radius 1 is 1.04 bits per heavy atom. The summed E-state index contributed by atoms with van der Waals surface area (Å²) < 4.78 is 14.7. The lowest BCUT2D eigenvalue weighted by atomic mass is 9.84. The van der Waals surface area contributed by atoms with Crippen molar-refractivity contribution in [3.63, 3.8) is 0 Å². The van der Waals surface area contributed by atoms with Crippen molar-refractivity contribution >= 4 is 11.6 Å². The van der Waals surface area contributed by atoms with Gasteiger partial charge in [-0.2, -0.15) is 0 Å². The van der Waals surface area contributed by atoms with Gasteiger partial charge in [0.05, 0.1) is 6.54 Å². The van der Waals surface area contributed by atoms with Gasteiger partial charge in [0.25, 0.3) is 0 Å². The van der Waals surface area contributed by atoms with Crippen LogP contribution < -0.4 is 0 Å². The van der Waals surface area contributed by atoms with Crippen molar-refractivity contribution in [1.29, 1.82) is 0 Å². The largest absolute Gasteiger partial charge is 0.385 e. The topological polar surface area (TPSA) is 71.2 Å². The van der Waals surface area contributed by atoms with Gasteiger partial charge < -0.3 is 14.8 Å². The van der Waals surface area contributed by atoms with Gasteiger partial charge in [0.1, 0.15) is 30.2 Å². The second-order valence-electron chi connectivity index (χ2n) is 5.52. The first kappa shape index (κ1) is 16.6. The van der Waals surface area contributed by atoms with E-state index in [9.17, 15) is 14.6 Å². The Kier molecular flexibility index (Phi) is 4.62. The van der Waals surface area contributed by atoms with Gasteiger partial charge >= 0.3 is 0 Å². The number of aliphatic hydroxyl groups excluding tert-OH is 1. The zero-order valence-electron chi connectivity index (χ0n) is 12.5. The summed E-state index contributed by atoms with van der Waals surface area (Å²) in [6, 6.07) is 11.9. The van der Waals surface area contributed by atoms with E-state index < -0.39 is 17.5 Å². The van der Waals surface area contributed by atoms with Gasteiger partial charge in [0.15, 0.2) is 0 Å². The molecule has 0 radical (unpaired) electrons. The van der Waals surface area contributed by atoms with Crippen molar-refractivity contribution in [3.05, 3.63) is 83.2 Å². The van der Waals surface area contributed by atoms with E-state index >= 15 is 0 Å². The molecule has 2 aromatic carbocycles. The van der Waals surface area contributed by atoms with Gasteiger partial charge in [-0.25, -0.2) is 4.39 Å². The lowest BCUT2D eigenvalue weighted by Gasteiger charge is -2.34. The lowest BCUT2D eigenvalue weighted by Crippen LogP contribution is -2.38. The molecule has 2 atom stereocenters. The molecule has 0 spiro atoms. The third-order valence-electron chi connectivity index (χ3n) is 3.87. The minimum Gasteiger partial charge on any atom is -0.385 e. The van der Waals surface area contributed by atoms with Gasteiger partial charge in [-0.1, -0.05) is 35.9 Å². The van der Waals surface area contributed by atoms with Gasteiger partial charge in [-0.3, -0.25) is 0 Å². The van der Waals surface area contributed by atoms with E-state index in [0.29, 0.717) is 16.1 Å². The smallest absolute Gasteiger partial charge is 0.137 e. The summed E-state index contributed by atoms with van der Waals surface area (Å²) in [4.78, 5) is 0. The fourth-order valence-corrected chi connectivity index (χ4v) is 2.70. The van der Waals surface area contributed by atoms with Crippen LogP contribution in [0.1, 0.15) is 17.2 Å². The molecule has 0 saturated heterocycles. The third kappa shape index (κ3) is 3.31. The molecule has 3 aromatic rings. The molecule has 0 amide bonds. The van der Waals surface area contributed by atoms with E-state index in [4.69, 9.17) is 11.6 Å². The zero-order valence-corrected chi connectivity index (χ0v) is 13.3. The molecular weight excluding hydrogens is 333 g/mol. The highest BCUT2D eigenvalue weighted by Crippen LogP contribution is 2.37. The van der Waals surface area contributed by atoms with E-state index in [-0.39, 0.29) is 6.54 Å². The monoisotopic (exact) mass is 347 g/mol. The molecule has 7 heteroatoms. The molecule has 0 aliphatic carbocycles. The molecule has 5 nitrogen and oxygen atoms in total. The van der Waals surface area contributed by atoms with Gasteiger partial charge in [-0.15, -0.1) is 10.2 Å². The number of aliphatic hydroxyl groups is 2. The van der Waals surface area contributed by atoms with E-state index in [0.717, 1.165) is 0 Å². The average Bonchev–Trinajstić information content (AvgIpc) is 3.08. The third-order valence-corrected chi connectivity index (χ3v) is 4.12. The summed E-state index contributed by atoms with van der Waals surface area (Å²) in [5, 5.41) is 30.0. The number of aromatic nitrogens is 3. The normalized spacial score (nSPS) is 15.0. The Hall–Kier alpha value is -2.28. The summed E-state index contributed by atoms with van der Waals surface area (Å²) in [5.41, 5.74) is -0.815. The first-order chi connectivity index (χ1) is 11.5. The van der Waals surface area contributed by atoms with Gasteiger partial charge in [0, 0.05) is 5.02 Å². The first-order valence-corrected chi connectivity index (χ1v) is 7.61. The Bertz CT molecular complexity index is 794. The van der Waals surface area contributed by atoms with Crippen LogP contribution in [0.2, 0.25) is 5.02 Å². The Labute approximate surface area is 143 Å². The maximum Gasteiger partial charge on any atom is 0.137 e. The SMILES string of the molecule is OC(c1ccc(F)cc1)C(O)(Cn1cnnc1)c1ccc(Cl)cc1. The van der Waals surface area contributed by atoms with E-state index in [1.54, 1.807) is 28.8 Å². The second-order valence-corrected chi connectivity index (χ2v) is 5.96. The molecule has 2 unspecified atom stereocenters. The fourth-order valence-electron chi connectivity index (χ4n) is 2.58. The maximum absolute atomic E-state index is 13.1. The number of hydrogen-bond donors (Lipinski definition) is 2. The van der Waals surface area contributed by atoms with Crippen molar-refractivity contribution in [3.8, 4) is 0 Å². The Morgan fingerprint density at radius 2 is 1.62 bits per heavy atom. The number of nitrogens with zero attached hydrogens (tertiary/aromatic N) is 3. The summed E-state index contributed by atoms with van der Waals surface area (Å²) in [7, 11) is 0. The fraction of sp³-hybridized carbons (Fsp3) is 0.176. The van der Waals surface area contributed by atoms with Crippen LogP contribution in [-0.4, -0.2) is 25.0 Å². The molecule has 0 saturated carbocycles. The van der Waals surface area contributed by atoms with Crippen molar-refractivity contribution in [2.45, 2.75) is 18.2 Å². The predicted octanol–water partition coefficient (Wildman–Crippen LogP) is 2.69. The van der Waals surface area contributed by atoms with Crippen LogP contribution >= 0.6 is 11.6 Å². The summed E-state index contributed by atoms with van der Waals surface area (Å²) >= 11 is 5.91. The highest BCUT2D eigenvalue weighted by molar-refractivity contribution is 6.30. The number of hydrogen-bond acceptors (Lipinski definition) is 4. The number of benzene rings is 2. The van der Waals surface area contributed by atoms with E-state index in [2.05, 4.69) is 10.2 Å². The highest BCUT2D eigenvalue weighted by atomic mass is 35.5. The van der Waals surface area contributed by atoms with Crippen LogP contribution in [0.4, 0.5) is 4.39 Å². The number of halogens is 2. The number of rotatable bonds is 5. The van der Waals surface area contributed by atoms with Crippen LogP contribution in [0.15, 0.2) is 61.2 Å². The molecule has 1 heterocycles. The van der Waals surface area contributed by atoms with E-state index in [1.165, 1.54) is 36.9 Å². The van der Waals surface area contributed by atoms with Crippen LogP contribution in [0.3, 0.4) is 0 Å². The molecule has 0 aliphatic rings. The van der Waals surface area contributed by atoms with Crippen molar-refractivity contribution in [2.75, 3.05) is 0 Å². The van der Waals surface area contributed by atoms with Crippen molar-refractivity contribution < 1.29 is 14.6 Å². The van der Waals surface area contributed by atoms with Crippen molar-refractivity contribution in [1.82, 2.24) is 14.8 Å². The van der Waals surface area contributed by atoms with E-state index in [1.807, 2.05) is 0 Å². The van der Waals surface area contributed by atoms with Crippen LogP contribution in [0.5, 0.6) is 0 Å². The van der Waals surface area contributed by atoms with Crippen LogP contribution in [0.25, 0.3) is 0 Å². The average molecular weight is 348 g/mol. The summed E-state index contributed by atoms with van der Waals surface area (Å²) in [6.45, 7) is 0.0141. The standard InChI is InChI=1S/C17H15ClFN3O2/c18-14-5-3-13(4-6-14)17(24,9-22-10-20-21-11-22)16(23)12-1-7-15(19)8-2-12/h1-8,10-11,16,23-24H,9H2. The molecule has 0 aliphatic heterocycles. The molecule has 124 valence electrons. The van der Waals surface area contributed by atoms with Crippen molar-refractivity contribution in [2.24, 2.45) is 0 Å². The maximum atomic E-state index is 13.1. The highest BCUT2D eigenvalue weighted by Gasteiger charge is 2.39. The second kappa shape index (κ2) is 6.68. The summed E-state index contributed by atoms with van der Waals surface area (Å²) in [6.07, 6.45) is 1.60. The molecule has 0 bridgehead atoms. The molecule has 3 rings (SSSR count). The Morgan fingerprint density at radius 3 is 2.21 bits per heavy atom. The zero-order chi connectivity index (χ0) is 17.2.